The number of hydrogen-bond acceptors (Lipinski definition) is 6. The van der Waals surface area contributed by atoms with Gasteiger partial charge in [-0.25, -0.2) is 27.4 Å². The Kier molecular flexibility index (Phi) is 22.4. The highest BCUT2D eigenvalue weighted by Crippen LogP contribution is 2.55. The van der Waals surface area contributed by atoms with Crippen LogP contribution in [0.3, 0.4) is 0 Å². The molecule has 0 N–H and O–H groups in total. The molecule has 0 radical (unpaired) electrons. The normalized spacial score (nSPS) is 17.1. The van der Waals surface area contributed by atoms with E-state index >= 15 is 0 Å². The van der Waals surface area contributed by atoms with Crippen LogP contribution < -0.4 is 55.8 Å². The fourth-order valence-corrected chi connectivity index (χ4v) is 21.1. The second-order valence-corrected chi connectivity index (χ2v) is 37.5. The summed E-state index contributed by atoms with van der Waals surface area (Å²) in [6.07, 6.45) is 34.7. The van der Waals surface area contributed by atoms with Gasteiger partial charge in [-0.2, -0.15) is 0 Å². The van der Waals surface area contributed by atoms with Crippen LogP contribution in [0.2, 0.25) is 0 Å². The molecule has 12 heteroatoms. The molecule has 12 heterocycles. The average molecular weight is 1640 g/mol. The zero-order valence-electron chi connectivity index (χ0n) is 74.9. The van der Waals surface area contributed by atoms with Gasteiger partial charge >= 0.3 is 0 Å². The molecule has 7 aromatic carbocycles. The van der Waals surface area contributed by atoms with Gasteiger partial charge in [0.2, 0.25) is 34.2 Å². The standard InChI is InChI=1S/C23H22NO.C20H24NO.C19H22NO.C17H18NO.C17H20NO.C15H16NO/c1-16-10-11-19-15-23(13-17-7-3-4-8-18(17)14-23)25-22(19)21(16)20-9-5-6-12-24(20)2;1-15-9-10-16-14-20(11-5-3-6-12-20)22-19(16)18(15)17-8-4-7-13-21(17)2;1-14-8-9-15-13-19(10-4-5-11-19)21-18(15)17(14)16-7-3-6-12-20(16)2;1-12-6-7-13-11-17(8-9-17)19-16(13)15(12)14-5-3-4-10-18(14)2;1-12-8-9-13-11-17(2,3)19-16(13)15(12)14-7-5-6-10-18(14)4;1-11-6-7-12-8-10-17-15(12)14(11)13-5-3-4-9-16(13)2/h3-12H,13-15H2,1-2H3;4,7-10,13H,3,5-6,11-12,14H2,1-2H3;3,6-9,12H,4-5,10-11,13H2,1-2H3;3-7,10H,8-9,11H2,1-2H3;5-10H,11H2,1-4H3;3-7,9H,8,10H2,1-2H3/q6*+1. The summed E-state index contributed by atoms with van der Waals surface area (Å²) in [7, 11) is 12.6. The number of pyridine rings is 6. The molecular weight excluding hydrogens is 1510 g/mol. The Bertz CT molecular complexity index is 6090. The van der Waals surface area contributed by atoms with Gasteiger partial charge in [-0.3, -0.25) is 0 Å². The summed E-state index contributed by atoms with van der Waals surface area (Å²) in [5.41, 5.74) is 33.7. The summed E-state index contributed by atoms with van der Waals surface area (Å²) >= 11 is 0. The van der Waals surface area contributed by atoms with Gasteiger partial charge in [0, 0.05) is 124 Å². The Morgan fingerprint density at radius 2 is 0.472 bits per heavy atom. The molecule has 6 aromatic heterocycles. The molecule has 12 nitrogen and oxygen atoms in total. The van der Waals surface area contributed by atoms with Crippen LogP contribution in [0.4, 0.5) is 0 Å². The van der Waals surface area contributed by atoms with E-state index < -0.39 is 0 Å². The van der Waals surface area contributed by atoms with Crippen molar-refractivity contribution in [3.8, 4) is 102 Å². The lowest BCUT2D eigenvalue weighted by molar-refractivity contribution is -0.660. The Labute approximate surface area is 729 Å². The van der Waals surface area contributed by atoms with E-state index in [0.29, 0.717) is 0 Å². The summed E-state index contributed by atoms with van der Waals surface area (Å²) < 4.78 is 51.3. The maximum Gasteiger partial charge on any atom is 0.216 e. The highest BCUT2D eigenvalue weighted by atomic mass is 16.5. The van der Waals surface area contributed by atoms with E-state index in [0.717, 1.165) is 92.5 Å². The van der Waals surface area contributed by atoms with Gasteiger partial charge in [-0.1, -0.05) is 103 Å². The number of aryl methyl sites for hydroxylation is 12. The van der Waals surface area contributed by atoms with Crippen LogP contribution in [0, 0.1) is 41.5 Å². The van der Waals surface area contributed by atoms with Gasteiger partial charge in [-0.05, 0) is 234 Å². The van der Waals surface area contributed by atoms with Crippen molar-refractivity contribution in [3.63, 3.8) is 0 Å². The van der Waals surface area contributed by atoms with Crippen LogP contribution in [0.25, 0.3) is 67.5 Å². The van der Waals surface area contributed by atoms with Crippen molar-refractivity contribution in [2.75, 3.05) is 6.61 Å². The van der Waals surface area contributed by atoms with Crippen molar-refractivity contribution in [2.45, 2.75) is 205 Å². The van der Waals surface area contributed by atoms with E-state index in [9.17, 15) is 0 Å². The summed E-state index contributed by atoms with van der Waals surface area (Å²) in [4.78, 5) is 0. The second kappa shape index (κ2) is 33.5. The first kappa shape index (κ1) is 82.2. The Balaban J connectivity index is 0.000000101. The molecule has 0 atom stereocenters. The second-order valence-electron chi connectivity index (χ2n) is 37.5. The lowest BCUT2D eigenvalue weighted by Gasteiger charge is -2.32. The van der Waals surface area contributed by atoms with Crippen LogP contribution in [-0.4, -0.2) is 34.6 Å². The molecule has 0 amide bonds. The van der Waals surface area contributed by atoms with E-state index in [1.54, 1.807) is 0 Å². The van der Waals surface area contributed by atoms with Crippen molar-refractivity contribution in [2.24, 2.45) is 42.3 Å². The average Bonchev–Trinajstić information content (AvgIpc) is 1.58. The maximum atomic E-state index is 6.75. The predicted octanol–water partition coefficient (Wildman–Crippen LogP) is 20.4. The third kappa shape index (κ3) is 16.3. The van der Waals surface area contributed by atoms with E-state index in [-0.39, 0.29) is 28.0 Å². The van der Waals surface area contributed by atoms with Crippen molar-refractivity contribution >= 4 is 0 Å². The number of fused-ring (bicyclic) bond motifs is 7. The highest BCUT2D eigenvalue weighted by molar-refractivity contribution is 5.78. The van der Waals surface area contributed by atoms with Gasteiger partial charge in [-0.15, -0.1) is 0 Å². The number of ether oxygens (including phenoxy) is 6. The molecule has 23 rings (SSSR count). The third-order valence-electron chi connectivity index (χ3n) is 27.7. The fraction of sp³-hybridized carbons (Fsp3) is 0.351. The van der Waals surface area contributed by atoms with E-state index in [2.05, 4.69) is 356 Å². The SMILES string of the molecule is Cc1ccc2c(c1-c1cccc[n+]1C)OC(C)(C)C2.Cc1ccc2c(c1-c1cccc[n+]1C)OC1(CC1)C2.Cc1ccc2c(c1-c1cccc[n+]1C)OC1(CCCC1)C2.Cc1ccc2c(c1-c1cccc[n+]1C)OC1(CCCCC1)C2.Cc1ccc2c(c1-c1cccc[n+]1C)OC1(Cc3ccccc3C1)C2.Cc1ccc2c(c1-c1cccc[n+]1C)OCC2. The fourth-order valence-electron chi connectivity index (χ4n) is 21.1. The van der Waals surface area contributed by atoms with Gasteiger partial charge in [0.05, 0.1) is 40.0 Å². The third-order valence-corrected chi connectivity index (χ3v) is 27.7. The predicted molar refractivity (Wildman–Crippen MR) is 487 cm³/mol. The topological polar surface area (TPSA) is 78.7 Å². The van der Waals surface area contributed by atoms with E-state index in [1.165, 1.54) is 216 Å². The molecule has 10 aliphatic rings. The van der Waals surface area contributed by atoms with Crippen LogP contribution >= 0.6 is 0 Å². The van der Waals surface area contributed by atoms with E-state index in [4.69, 9.17) is 28.4 Å². The molecular formula is C111H122N6O6+6. The first-order valence-corrected chi connectivity index (χ1v) is 45.1. The largest absolute Gasteiger partial charge is 0.492 e. The quantitative estimate of drug-likeness (QED) is 0.154. The molecule has 4 spiro atoms. The molecule has 13 aromatic rings. The van der Waals surface area contributed by atoms with Crippen LogP contribution in [-0.2, 0) is 93.7 Å². The maximum absolute atomic E-state index is 6.75. The summed E-state index contributed by atoms with van der Waals surface area (Å²) in [5, 5.41) is 0. The molecule has 0 bridgehead atoms. The molecule has 626 valence electrons. The first-order chi connectivity index (χ1) is 59.5. The zero-order valence-corrected chi connectivity index (χ0v) is 74.9. The summed E-state index contributed by atoms with van der Waals surface area (Å²) in [6.45, 7) is 18.1. The molecule has 123 heavy (non-hydrogen) atoms. The van der Waals surface area contributed by atoms with Crippen molar-refractivity contribution in [1.29, 1.82) is 0 Å². The minimum Gasteiger partial charge on any atom is -0.492 e. The molecule has 6 aliphatic heterocycles. The number of hydrogen-bond donors (Lipinski definition) is 0. The van der Waals surface area contributed by atoms with Crippen molar-refractivity contribution < 1.29 is 55.8 Å². The zero-order chi connectivity index (χ0) is 85.1. The lowest BCUT2D eigenvalue weighted by Crippen LogP contribution is -2.36. The highest BCUT2D eigenvalue weighted by Gasteiger charge is 2.52. The number of benzene rings is 7. The summed E-state index contributed by atoms with van der Waals surface area (Å²) in [5.74, 6) is 6.63. The van der Waals surface area contributed by atoms with Crippen LogP contribution in [0.1, 0.15) is 162 Å². The minimum absolute atomic E-state index is 0.0798. The van der Waals surface area contributed by atoms with Gasteiger partial charge in [0.15, 0.2) is 37.2 Å². The number of aromatic nitrogens is 6. The van der Waals surface area contributed by atoms with Crippen molar-refractivity contribution in [1.82, 2.24) is 0 Å². The van der Waals surface area contributed by atoms with Gasteiger partial charge in [0.25, 0.3) is 0 Å². The molecule has 0 saturated heterocycles. The minimum atomic E-state index is -0.0990. The van der Waals surface area contributed by atoms with Crippen molar-refractivity contribution in [3.05, 3.63) is 321 Å². The number of rotatable bonds is 6. The first-order valence-electron chi connectivity index (χ1n) is 45.1. The Morgan fingerprint density at radius 3 is 0.780 bits per heavy atom. The smallest absolute Gasteiger partial charge is 0.216 e. The Morgan fingerprint density at radius 1 is 0.228 bits per heavy atom. The van der Waals surface area contributed by atoms with E-state index in [1.807, 2.05) is 12.1 Å². The van der Waals surface area contributed by atoms with Gasteiger partial charge in [0.1, 0.15) is 105 Å². The molecule has 3 saturated carbocycles. The molecule has 4 aliphatic carbocycles. The molecule has 0 unspecified atom stereocenters. The van der Waals surface area contributed by atoms with Crippen LogP contribution in [0.15, 0.2) is 243 Å². The van der Waals surface area contributed by atoms with Gasteiger partial charge < -0.3 is 28.4 Å². The monoisotopic (exact) mass is 1630 g/mol. The summed E-state index contributed by atoms with van der Waals surface area (Å²) in [6, 6.07) is 73.5. The Hall–Kier alpha value is -11.8. The molecule has 3 fully saturated rings. The lowest BCUT2D eigenvalue weighted by atomic mass is 9.82. The van der Waals surface area contributed by atoms with Crippen LogP contribution in [0.5, 0.6) is 34.5 Å². The number of nitrogens with zero attached hydrogens (tertiary/aromatic N) is 6.